The molecular formula is C22H25B7ClF2N3O4. The van der Waals surface area contributed by atoms with Gasteiger partial charge in [0.05, 0.1) is 5.44 Å². The lowest BCUT2D eigenvalue weighted by molar-refractivity contribution is -0.155. The number of fused-ring (bicyclic) bond motifs is 1. The fourth-order valence-electron chi connectivity index (χ4n) is 5.36. The van der Waals surface area contributed by atoms with E-state index in [1.807, 2.05) is 0 Å². The predicted molar refractivity (Wildman–Crippen MR) is 162 cm³/mol. The van der Waals surface area contributed by atoms with Crippen LogP contribution in [0.5, 0.6) is 0 Å². The van der Waals surface area contributed by atoms with Crippen LogP contribution in [-0.4, -0.2) is 93.8 Å². The highest BCUT2D eigenvalue weighted by molar-refractivity contribution is 6.58. The molecule has 1 unspecified atom stereocenters. The Morgan fingerprint density at radius 2 is 1.59 bits per heavy atom. The van der Waals surface area contributed by atoms with Crippen LogP contribution >= 0.6 is 11.6 Å². The molecule has 2 atom stereocenters. The molecule has 1 saturated heterocycles. The molecule has 0 bridgehead atoms. The molecule has 2 aromatic carbocycles. The van der Waals surface area contributed by atoms with E-state index in [2.05, 4.69) is 5.32 Å². The number of carbonyl (C=O) groups is 4. The number of imide groups is 1. The van der Waals surface area contributed by atoms with E-state index in [4.69, 9.17) is 11.6 Å². The molecule has 4 amide bonds. The summed E-state index contributed by atoms with van der Waals surface area (Å²) in [5.74, 6) is -6.96. The molecule has 194 valence electrons. The molecule has 17 heteroatoms. The van der Waals surface area contributed by atoms with Crippen LogP contribution < -0.4 is 5.32 Å². The van der Waals surface area contributed by atoms with Gasteiger partial charge in [0.15, 0.2) is 0 Å². The van der Waals surface area contributed by atoms with Crippen molar-refractivity contribution in [3.8, 4) is 0 Å². The number of piperidine rings is 1. The minimum Gasteiger partial charge on any atom is -0.393 e. The average Bonchev–Trinajstić information content (AvgIpc) is 3.22. The number of alkyl halides is 2. The van der Waals surface area contributed by atoms with Crippen LogP contribution in [-0.2, 0) is 32.2 Å². The highest BCUT2D eigenvalue weighted by atomic mass is 35.5. The Morgan fingerprint density at radius 3 is 2.18 bits per heavy atom. The summed E-state index contributed by atoms with van der Waals surface area (Å²) in [4.78, 5) is 54.5. The van der Waals surface area contributed by atoms with Gasteiger partial charge in [0.25, 0.3) is 11.8 Å². The summed E-state index contributed by atoms with van der Waals surface area (Å²) < 4.78 is 30.3. The lowest BCUT2D eigenvalue weighted by Gasteiger charge is -2.51. The van der Waals surface area contributed by atoms with E-state index in [0.717, 1.165) is 16.9 Å². The van der Waals surface area contributed by atoms with Crippen molar-refractivity contribution in [1.29, 1.82) is 0 Å². The fraction of sp³-hybridized carbons (Fsp3) is 0.273. The summed E-state index contributed by atoms with van der Waals surface area (Å²) >= 11 is 5.81. The zero-order chi connectivity index (χ0) is 29.3. The van der Waals surface area contributed by atoms with Crippen LogP contribution in [0, 0.1) is 0 Å². The molecule has 2 aromatic rings. The Kier molecular flexibility index (Phi) is 6.98. The number of hydrogen-bond donors (Lipinski definition) is 1. The molecule has 39 heavy (non-hydrogen) atoms. The van der Waals surface area contributed by atoms with E-state index in [0.29, 0.717) is 16.7 Å². The van der Waals surface area contributed by atoms with Gasteiger partial charge >= 0.3 is 5.92 Å². The van der Waals surface area contributed by atoms with E-state index < -0.39 is 51.0 Å². The van der Waals surface area contributed by atoms with Gasteiger partial charge in [-0.2, -0.15) is 8.78 Å². The van der Waals surface area contributed by atoms with Gasteiger partial charge in [0.2, 0.25) is 19.8 Å². The maximum absolute atomic E-state index is 15.2. The van der Waals surface area contributed by atoms with Crippen molar-refractivity contribution in [2.45, 2.75) is 34.3 Å². The third-order valence-electron chi connectivity index (χ3n) is 8.99. The smallest absolute Gasteiger partial charge is 0.348 e. The van der Waals surface area contributed by atoms with Gasteiger partial charge in [-0.3, -0.25) is 24.5 Å². The van der Waals surface area contributed by atoms with Crippen molar-refractivity contribution in [2.24, 2.45) is 0 Å². The Hall–Kier alpha value is -2.88. The zero-order valence-corrected chi connectivity index (χ0v) is 23.7. The molecule has 2 aliphatic heterocycles. The molecule has 0 saturated carbocycles. The van der Waals surface area contributed by atoms with Crippen molar-refractivity contribution in [3.05, 3.63) is 69.7 Å². The van der Waals surface area contributed by atoms with Crippen LogP contribution in [0.3, 0.4) is 0 Å². The zero-order valence-electron chi connectivity index (χ0n) is 23.0. The summed E-state index contributed by atoms with van der Waals surface area (Å²) in [7, 11) is 11.5. The van der Waals surface area contributed by atoms with Crippen LogP contribution in [0.1, 0.15) is 27.0 Å². The number of carbonyl (C=O) groups excluding carboxylic acids is 4. The molecule has 0 spiro atoms. The number of nitrogens with one attached hydrogen (secondary N) is 1. The van der Waals surface area contributed by atoms with E-state index in [9.17, 15) is 19.2 Å². The van der Waals surface area contributed by atoms with Gasteiger partial charge in [0.1, 0.15) is 47.1 Å². The molecule has 0 aliphatic carbocycles. The summed E-state index contributed by atoms with van der Waals surface area (Å²) in [6.07, 6.45) is 0. The third-order valence-corrected chi connectivity index (χ3v) is 9.24. The normalized spacial score (nSPS) is 22.8. The van der Waals surface area contributed by atoms with E-state index in [-0.39, 0.29) is 17.5 Å². The van der Waals surface area contributed by atoms with E-state index >= 15 is 8.78 Å². The van der Waals surface area contributed by atoms with Crippen molar-refractivity contribution in [3.63, 3.8) is 0 Å². The first-order valence-electron chi connectivity index (χ1n) is 12.6. The molecule has 2 heterocycles. The minimum absolute atomic E-state index is 0.0925. The second-order valence-electron chi connectivity index (χ2n) is 11.6. The highest BCUT2D eigenvalue weighted by Crippen LogP contribution is 2.47. The summed E-state index contributed by atoms with van der Waals surface area (Å²) in [6, 6.07) is 9.78. The first-order chi connectivity index (χ1) is 17.9. The quantitative estimate of drug-likeness (QED) is 0.305. The molecule has 0 aromatic heterocycles. The molecule has 7 nitrogen and oxygen atoms in total. The number of rotatable bonds is 5. The first-order valence-corrected chi connectivity index (χ1v) is 13.0. The molecule has 1 N–H and O–H groups in total. The number of amides is 4. The lowest BCUT2D eigenvalue weighted by atomic mass is 9.35. The third kappa shape index (κ3) is 4.35. The fourth-order valence-corrected chi connectivity index (χ4v) is 5.49. The number of nitrogens with zero attached hydrogens (tertiary/aromatic N) is 2. The number of benzene rings is 2. The van der Waals surface area contributed by atoms with Crippen molar-refractivity contribution >= 4 is 90.3 Å². The van der Waals surface area contributed by atoms with Crippen molar-refractivity contribution in [2.75, 3.05) is 0 Å². The summed E-state index contributed by atoms with van der Waals surface area (Å²) in [5, 5.41) is 0.619. The van der Waals surface area contributed by atoms with Crippen LogP contribution in [0.4, 0.5) is 8.78 Å². The Labute approximate surface area is 237 Å². The van der Waals surface area contributed by atoms with Gasteiger partial charge in [-0.15, -0.1) is 0 Å². The van der Waals surface area contributed by atoms with E-state index in [1.165, 1.54) is 25.0 Å². The molecule has 2 aliphatic rings. The minimum atomic E-state index is -3.79. The average molecular weight is 545 g/mol. The molecular weight excluding hydrogens is 519 g/mol. The number of hydrogen-bond acceptors (Lipinski definition) is 4. The Balaban J connectivity index is 1.64. The van der Waals surface area contributed by atoms with Gasteiger partial charge in [-0.1, -0.05) is 35.9 Å². The SMILES string of the molecule is BC1C(B)(B)C(=O)NC(=O)[C@@]1(B)N1Cc2cc(C(B)(B)N(B)C(=O)C(F)(F)c3ccc(Cl)cc3)ccc2C1=O. The number of halogens is 3. The standard InChI is InChI=1S/C22H25B7ClF2N3O4/c23-15-19(24,25)16(37)33-17(38)20(15,26)34-8-9-7-11(3-6-13(9)14(34)36)22(27,28)35(29)18(39)21(31,32)10-1-4-12(30)5-2-10/h1-7,15H,8,23-29H2,(H,33,37,38)/t15?,20-/m0/s1. The first kappa shape index (κ1) is 29.1. The summed E-state index contributed by atoms with van der Waals surface area (Å²) in [5.41, 5.74) is -0.237. The van der Waals surface area contributed by atoms with Crippen LogP contribution in [0.2, 0.25) is 16.1 Å². The van der Waals surface area contributed by atoms with Gasteiger partial charge in [-0.05, 0) is 45.7 Å². The van der Waals surface area contributed by atoms with Gasteiger partial charge in [0, 0.05) is 22.7 Å². The maximum atomic E-state index is 15.2. The highest BCUT2D eigenvalue weighted by Gasteiger charge is 2.58. The van der Waals surface area contributed by atoms with Crippen molar-refractivity contribution in [1.82, 2.24) is 15.0 Å². The van der Waals surface area contributed by atoms with Crippen LogP contribution in [0.15, 0.2) is 42.5 Å². The summed E-state index contributed by atoms with van der Waals surface area (Å²) in [6.45, 7) is 0.0925. The molecule has 1 fully saturated rings. The van der Waals surface area contributed by atoms with Crippen LogP contribution in [0.25, 0.3) is 0 Å². The Morgan fingerprint density at radius 1 is 1.03 bits per heavy atom. The van der Waals surface area contributed by atoms with Gasteiger partial charge < -0.3 is 9.71 Å². The van der Waals surface area contributed by atoms with E-state index in [1.54, 1.807) is 65.3 Å². The van der Waals surface area contributed by atoms with Crippen molar-refractivity contribution < 1.29 is 28.0 Å². The monoisotopic (exact) mass is 545 g/mol. The van der Waals surface area contributed by atoms with Gasteiger partial charge in [-0.25, -0.2) is 0 Å². The topological polar surface area (TPSA) is 86.8 Å². The lowest BCUT2D eigenvalue weighted by Crippen LogP contribution is -2.70. The second-order valence-corrected chi connectivity index (χ2v) is 12.1. The Bertz CT molecular complexity index is 1410. The molecule has 4 rings (SSSR count). The predicted octanol–water partition coefficient (Wildman–Crippen LogP) is -4.37. The second kappa shape index (κ2) is 9.35. The molecule has 0 radical (unpaired) electrons. The largest absolute Gasteiger partial charge is 0.393 e. The maximum Gasteiger partial charge on any atom is 0.348 e.